The van der Waals surface area contributed by atoms with E-state index in [2.05, 4.69) is 44.9 Å². The lowest BCUT2D eigenvalue weighted by molar-refractivity contribution is 0.541. The second kappa shape index (κ2) is 3.40. The zero-order chi connectivity index (χ0) is 10.1. The highest BCUT2D eigenvalue weighted by molar-refractivity contribution is 5.24. The van der Waals surface area contributed by atoms with E-state index in [1.165, 1.54) is 0 Å². The number of rotatable bonds is 2. The molecule has 0 aliphatic heterocycles. The van der Waals surface area contributed by atoms with Crippen LogP contribution in [0.1, 0.15) is 40.3 Å². The van der Waals surface area contributed by atoms with Crippen molar-refractivity contribution in [1.82, 2.24) is 4.98 Å². The molecule has 0 amide bonds. The molecule has 0 bridgehead atoms. The molecule has 0 atom stereocenters. The maximum absolute atomic E-state index is 5.28. The number of hydrogen-bond acceptors (Lipinski definition) is 3. The molecule has 0 aromatic carbocycles. The van der Waals surface area contributed by atoms with Gasteiger partial charge in [0, 0.05) is 11.5 Å². The van der Waals surface area contributed by atoms with Gasteiger partial charge in [-0.25, -0.2) is 0 Å². The van der Waals surface area contributed by atoms with Gasteiger partial charge < -0.3 is 9.73 Å². The van der Waals surface area contributed by atoms with Gasteiger partial charge in [-0.2, -0.15) is 4.98 Å². The predicted molar refractivity (Wildman–Crippen MR) is 54.0 cm³/mol. The molecule has 0 spiro atoms. The minimum absolute atomic E-state index is 0.0560. The van der Waals surface area contributed by atoms with E-state index in [1.54, 1.807) is 6.26 Å². The van der Waals surface area contributed by atoms with Crippen LogP contribution in [0.4, 0.5) is 6.01 Å². The first-order valence-electron chi connectivity index (χ1n) is 4.62. The molecule has 0 fully saturated rings. The Hall–Kier alpha value is -0.990. The Morgan fingerprint density at radius 2 is 2.00 bits per heavy atom. The van der Waals surface area contributed by atoms with E-state index >= 15 is 0 Å². The molecule has 74 valence electrons. The van der Waals surface area contributed by atoms with E-state index in [0.29, 0.717) is 12.1 Å². The molecule has 3 heteroatoms. The SMILES string of the molecule is CC(C)Nc1nc(C(C)(C)C)co1. The molecule has 1 rings (SSSR count). The van der Waals surface area contributed by atoms with Crippen molar-refractivity contribution in [1.29, 1.82) is 0 Å². The van der Waals surface area contributed by atoms with E-state index in [1.807, 2.05) is 0 Å². The van der Waals surface area contributed by atoms with Crippen LogP contribution in [0, 0.1) is 0 Å². The lowest BCUT2D eigenvalue weighted by Crippen LogP contribution is -2.13. The highest BCUT2D eigenvalue weighted by atomic mass is 16.4. The van der Waals surface area contributed by atoms with Crippen molar-refractivity contribution >= 4 is 6.01 Å². The van der Waals surface area contributed by atoms with Crippen molar-refractivity contribution in [3.05, 3.63) is 12.0 Å². The summed E-state index contributed by atoms with van der Waals surface area (Å²) in [5.41, 5.74) is 1.04. The summed E-state index contributed by atoms with van der Waals surface area (Å²) in [5.74, 6) is 0. The molecular formula is C10H18N2O. The van der Waals surface area contributed by atoms with Gasteiger partial charge in [-0.05, 0) is 13.8 Å². The van der Waals surface area contributed by atoms with Gasteiger partial charge in [0.1, 0.15) is 6.26 Å². The lowest BCUT2D eigenvalue weighted by Gasteiger charge is -2.13. The minimum atomic E-state index is 0.0560. The molecule has 13 heavy (non-hydrogen) atoms. The van der Waals surface area contributed by atoms with Gasteiger partial charge in [0.05, 0.1) is 5.69 Å². The van der Waals surface area contributed by atoms with Crippen molar-refractivity contribution in [2.24, 2.45) is 0 Å². The summed E-state index contributed by atoms with van der Waals surface area (Å²) in [4.78, 5) is 4.34. The van der Waals surface area contributed by atoms with E-state index in [9.17, 15) is 0 Å². The second-order valence-corrected chi connectivity index (χ2v) is 4.59. The molecule has 0 radical (unpaired) electrons. The van der Waals surface area contributed by atoms with E-state index in [0.717, 1.165) is 5.69 Å². The van der Waals surface area contributed by atoms with Crippen molar-refractivity contribution in [2.75, 3.05) is 5.32 Å². The van der Waals surface area contributed by atoms with Gasteiger partial charge in [0.15, 0.2) is 0 Å². The normalized spacial score (nSPS) is 12.2. The first-order valence-corrected chi connectivity index (χ1v) is 4.62. The van der Waals surface area contributed by atoms with E-state index in [-0.39, 0.29) is 5.41 Å². The third kappa shape index (κ3) is 2.76. The predicted octanol–water partition coefficient (Wildman–Crippen LogP) is 2.79. The Balaban J connectivity index is 2.75. The molecule has 1 aromatic heterocycles. The van der Waals surface area contributed by atoms with Gasteiger partial charge in [0.2, 0.25) is 0 Å². The zero-order valence-corrected chi connectivity index (χ0v) is 9.01. The molecule has 1 heterocycles. The molecule has 1 N–H and O–H groups in total. The van der Waals surface area contributed by atoms with Gasteiger partial charge in [0.25, 0.3) is 6.01 Å². The minimum Gasteiger partial charge on any atom is -0.432 e. The van der Waals surface area contributed by atoms with Gasteiger partial charge in [-0.3, -0.25) is 0 Å². The Labute approximate surface area is 79.5 Å². The summed E-state index contributed by atoms with van der Waals surface area (Å²) in [6.45, 7) is 10.5. The van der Waals surface area contributed by atoms with Crippen LogP contribution in [0.3, 0.4) is 0 Å². The van der Waals surface area contributed by atoms with Crippen LogP contribution in [-0.2, 0) is 5.41 Å². The number of nitrogens with zero attached hydrogens (tertiary/aromatic N) is 1. The van der Waals surface area contributed by atoms with Crippen LogP contribution in [-0.4, -0.2) is 11.0 Å². The third-order valence-electron chi connectivity index (χ3n) is 1.68. The van der Waals surface area contributed by atoms with Crippen LogP contribution in [0.25, 0.3) is 0 Å². The first kappa shape index (κ1) is 10.1. The van der Waals surface area contributed by atoms with Crippen molar-refractivity contribution in [2.45, 2.75) is 46.1 Å². The summed E-state index contributed by atoms with van der Waals surface area (Å²) in [5, 5.41) is 3.12. The maximum atomic E-state index is 5.28. The van der Waals surface area contributed by atoms with Gasteiger partial charge in [-0.1, -0.05) is 20.8 Å². The smallest absolute Gasteiger partial charge is 0.294 e. The molecule has 0 saturated heterocycles. The quantitative estimate of drug-likeness (QED) is 0.764. The summed E-state index contributed by atoms with van der Waals surface area (Å²) < 4.78 is 5.28. The van der Waals surface area contributed by atoms with Crippen LogP contribution >= 0.6 is 0 Å². The largest absolute Gasteiger partial charge is 0.432 e. The molecule has 0 saturated carbocycles. The fraction of sp³-hybridized carbons (Fsp3) is 0.700. The summed E-state index contributed by atoms with van der Waals surface area (Å²) in [6.07, 6.45) is 1.71. The Morgan fingerprint density at radius 3 is 2.38 bits per heavy atom. The van der Waals surface area contributed by atoms with Crippen molar-refractivity contribution in [3.8, 4) is 0 Å². The topological polar surface area (TPSA) is 38.1 Å². The number of hydrogen-bond donors (Lipinski definition) is 1. The van der Waals surface area contributed by atoms with Crippen molar-refractivity contribution in [3.63, 3.8) is 0 Å². The molecule has 0 aliphatic rings. The average molecular weight is 182 g/mol. The fourth-order valence-corrected chi connectivity index (χ4v) is 0.931. The molecule has 1 aromatic rings. The Bertz CT molecular complexity index is 271. The Morgan fingerprint density at radius 1 is 1.38 bits per heavy atom. The van der Waals surface area contributed by atoms with Crippen LogP contribution in [0.2, 0.25) is 0 Å². The van der Waals surface area contributed by atoms with Crippen molar-refractivity contribution < 1.29 is 4.42 Å². The summed E-state index contributed by atoms with van der Waals surface area (Å²) in [6, 6.07) is 0.964. The third-order valence-corrected chi connectivity index (χ3v) is 1.68. The van der Waals surface area contributed by atoms with E-state index < -0.39 is 0 Å². The molecule has 3 nitrogen and oxygen atoms in total. The van der Waals surface area contributed by atoms with Crippen LogP contribution < -0.4 is 5.32 Å². The number of oxazole rings is 1. The highest BCUT2D eigenvalue weighted by Gasteiger charge is 2.18. The molecule has 0 aliphatic carbocycles. The van der Waals surface area contributed by atoms with Crippen LogP contribution in [0.15, 0.2) is 10.7 Å². The van der Waals surface area contributed by atoms with E-state index in [4.69, 9.17) is 4.42 Å². The van der Waals surface area contributed by atoms with Gasteiger partial charge >= 0.3 is 0 Å². The number of anilines is 1. The maximum Gasteiger partial charge on any atom is 0.294 e. The number of aromatic nitrogens is 1. The lowest BCUT2D eigenvalue weighted by atomic mass is 9.93. The van der Waals surface area contributed by atoms with Gasteiger partial charge in [-0.15, -0.1) is 0 Å². The zero-order valence-electron chi connectivity index (χ0n) is 9.01. The monoisotopic (exact) mass is 182 g/mol. The summed E-state index contributed by atoms with van der Waals surface area (Å²) in [7, 11) is 0. The second-order valence-electron chi connectivity index (χ2n) is 4.59. The number of nitrogens with one attached hydrogen (secondary N) is 1. The molecular weight excluding hydrogens is 164 g/mol. The fourth-order valence-electron chi connectivity index (χ4n) is 0.931. The first-order chi connectivity index (χ1) is 5.89. The molecule has 0 unspecified atom stereocenters. The standard InChI is InChI=1S/C10H18N2O/c1-7(2)11-9-12-8(6-13-9)10(3,4)5/h6-7H,1-5H3,(H,11,12). The summed E-state index contributed by atoms with van der Waals surface area (Å²) >= 11 is 0. The average Bonchev–Trinajstić information content (AvgIpc) is 2.32. The highest BCUT2D eigenvalue weighted by Crippen LogP contribution is 2.22. The van der Waals surface area contributed by atoms with Crippen LogP contribution in [0.5, 0.6) is 0 Å². The Kier molecular flexibility index (Phi) is 2.64.